The SMILES string of the molecule is CCCCCCCCCCSC(CCCCCCCC)C(=O)OCCCCCCN(CCCCO)CCCCCCOC(=O)C(CCCCCCCC)SCCCCCCCCCC. The van der Waals surface area contributed by atoms with Gasteiger partial charge in [0.25, 0.3) is 0 Å². The molecule has 0 aliphatic carbocycles. The fraction of sp³-hybridized carbons (Fsp3) is 0.964. The predicted octanol–water partition coefficient (Wildman–Crippen LogP) is 17.3. The Balaban J connectivity index is 4.49. The van der Waals surface area contributed by atoms with Crippen LogP contribution in [0, 0.1) is 0 Å². The molecular formula is C56H111NO5S2. The lowest BCUT2D eigenvalue weighted by atomic mass is 10.1. The highest BCUT2D eigenvalue weighted by Gasteiger charge is 2.21. The highest BCUT2D eigenvalue weighted by atomic mass is 32.2. The largest absolute Gasteiger partial charge is 0.465 e. The Labute approximate surface area is 408 Å². The van der Waals surface area contributed by atoms with Gasteiger partial charge in [0.05, 0.1) is 13.2 Å². The summed E-state index contributed by atoms with van der Waals surface area (Å²) in [5.41, 5.74) is 0. The van der Waals surface area contributed by atoms with Crippen molar-refractivity contribution in [1.82, 2.24) is 4.90 Å². The number of unbranched alkanes of at least 4 members (excludes halogenated alkanes) is 31. The summed E-state index contributed by atoms with van der Waals surface area (Å²) in [5.74, 6) is 2.21. The first-order chi connectivity index (χ1) is 31.5. The van der Waals surface area contributed by atoms with E-state index in [-0.39, 0.29) is 29.0 Å². The Morgan fingerprint density at radius 1 is 0.375 bits per heavy atom. The van der Waals surface area contributed by atoms with Gasteiger partial charge in [-0.3, -0.25) is 9.59 Å². The molecule has 0 aromatic heterocycles. The van der Waals surface area contributed by atoms with Crippen molar-refractivity contribution in [2.75, 3.05) is 51.0 Å². The number of esters is 2. The molecule has 0 rings (SSSR count). The zero-order valence-electron chi connectivity index (χ0n) is 43.4. The summed E-state index contributed by atoms with van der Waals surface area (Å²) in [6, 6.07) is 0. The first-order valence-electron chi connectivity index (χ1n) is 28.4. The van der Waals surface area contributed by atoms with Crippen LogP contribution in [0.3, 0.4) is 0 Å². The lowest BCUT2D eigenvalue weighted by molar-refractivity contribution is -0.144. The summed E-state index contributed by atoms with van der Waals surface area (Å²) in [4.78, 5) is 29.0. The van der Waals surface area contributed by atoms with Crippen LogP contribution >= 0.6 is 23.5 Å². The zero-order chi connectivity index (χ0) is 46.7. The lowest BCUT2D eigenvalue weighted by Crippen LogP contribution is -2.27. The number of hydrogen-bond donors (Lipinski definition) is 1. The third-order valence-corrected chi connectivity index (χ3v) is 15.6. The van der Waals surface area contributed by atoms with Gasteiger partial charge in [-0.05, 0) is 95.3 Å². The number of ether oxygens (including phenoxy) is 2. The van der Waals surface area contributed by atoms with Gasteiger partial charge in [0.15, 0.2) is 0 Å². The summed E-state index contributed by atoms with van der Waals surface area (Å²) in [6.07, 6.45) is 48.9. The Morgan fingerprint density at radius 3 is 1.00 bits per heavy atom. The fourth-order valence-corrected chi connectivity index (χ4v) is 11.0. The minimum Gasteiger partial charge on any atom is -0.465 e. The fourth-order valence-electron chi connectivity index (χ4n) is 8.58. The molecule has 0 saturated carbocycles. The number of aliphatic hydroxyl groups excluding tert-OH is 1. The molecule has 0 spiro atoms. The molecule has 0 saturated heterocycles. The maximum absolute atomic E-state index is 13.2. The maximum atomic E-state index is 13.2. The summed E-state index contributed by atoms with van der Waals surface area (Å²) in [6.45, 7) is 13.7. The molecule has 0 aliphatic heterocycles. The molecule has 0 bridgehead atoms. The third kappa shape index (κ3) is 45.3. The van der Waals surface area contributed by atoms with E-state index in [9.17, 15) is 14.7 Å². The van der Waals surface area contributed by atoms with Gasteiger partial charge < -0.3 is 19.5 Å². The molecule has 0 fully saturated rings. The van der Waals surface area contributed by atoms with E-state index < -0.39 is 0 Å². The molecule has 1 N–H and O–H groups in total. The minimum atomic E-state index is 0.00335. The molecule has 382 valence electrons. The van der Waals surface area contributed by atoms with E-state index >= 15 is 0 Å². The van der Waals surface area contributed by atoms with Gasteiger partial charge in [-0.25, -0.2) is 0 Å². The first kappa shape index (κ1) is 63.6. The summed E-state index contributed by atoms with van der Waals surface area (Å²) >= 11 is 3.72. The molecule has 0 aromatic carbocycles. The van der Waals surface area contributed by atoms with Gasteiger partial charge in [0.2, 0.25) is 0 Å². The Morgan fingerprint density at radius 2 is 0.656 bits per heavy atom. The number of carbonyl (C=O) groups is 2. The van der Waals surface area contributed by atoms with Gasteiger partial charge in [-0.2, -0.15) is 0 Å². The molecule has 2 unspecified atom stereocenters. The third-order valence-electron chi connectivity index (χ3n) is 12.9. The molecule has 0 aromatic rings. The van der Waals surface area contributed by atoms with Crippen molar-refractivity contribution in [2.45, 2.75) is 295 Å². The minimum absolute atomic E-state index is 0.00335. The number of thioether (sulfide) groups is 2. The van der Waals surface area contributed by atoms with Gasteiger partial charge in [-0.1, -0.05) is 220 Å². The molecule has 8 heteroatoms. The first-order valence-corrected chi connectivity index (χ1v) is 30.5. The van der Waals surface area contributed by atoms with Crippen molar-refractivity contribution in [2.24, 2.45) is 0 Å². The van der Waals surface area contributed by atoms with Crippen LogP contribution in [-0.2, 0) is 19.1 Å². The summed E-state index contributed by atoms with van der Waals surface area (Å²) < 4.78 is 11.8. The second-order valence-corrected chi connectivity index (χ2v) is 21.8. The van der Waals surface area contributed by atoms with Gasteiger partial charge in [0.1, 0.15) is 10.5 Å². The van der Waals surface area contributed by atoms with Crippen LogP contribution in [0.1, 0.15) is 285 Å². The van der Waals surface area contributed by atoms with Crippen molar-refractivity contribution in [3.63, 3.8) is 0 Å². The number of rotatable bonds is 54. The Bertz CT molecular complexity index is 873. The van der Waals surface area contributed by atoms with Crippen LogP contribution in [0.2, 0.25) is 0 Å². The number of carbonyl (C=O) groups excluding carboxylic acids is 2. The smallest absolute Gasteiger partial charge is 0.319 e. The molecule has 0 heterocycles. The van der Waals surface area contributed by atoms with Gasteiger partial charge in [-0.15, -0.1) is 23.5 Å². The molecule has 6 nitrogen and oxygen atoms in total. The molecule has 64 heavy (non-hydrogen) atoms. The van der Waals surface area contributed by atoms with E-state index in [1.807, 2.05) is 23.5 Å². The van der Waals surface area contributed by atoms with Gasteiger partial charge in [0, 0.05) is 6.61 Å². The quantitative estimate of drug-likeness (QED) is 0.0477. The summed E-state index contributed by atoms with van der Waals surface area (Å²) in [5, 5.41) is 9.41. The number of nitrogens with zero attached hydrogens (tertiary/aromatic N) is 1. The summed E-state index contributed by atoms with van der Waals surface area (Å²) in [7, 11) is 0. The highest BCUT2D eigenvalue weighted by molar-refractivity contribution is 8.00. The van der Waals surface area contributed by atoms with Crippen LogP contribution in [0.15, 0.2) is 0 Å². The van der Waals surface area contributed by atoms with E-state index in [1.54, 1.807) is 0 Å². The second-order valence-electron chi connectivity index (χ2n) is 19.2. The Hall–Kier alpha value is -0.440. The van der Waals surface area contributed by atoms with E-state index in [2.05, 4.69) is 32.6 Å². The van der Waals surface area contributed by atoms with Crippen molar-refractivity contribution in [3.05, 3.63) is 0 Å². The maximum Gasteiger partial charge on any atom is 0.319 e. The van der Waals surface area contributed by atoms with Crippen LogP contribution < -0.4 is 0 Å². The predicted molar refractivity (Wildman–Crippen MR) is 285 cm³/mol. The van der Waals surface area contributed by atoms with E-state index in [0.717, 1.165) is 121 Å². The van der Waals surface area contributed by atoms with E-state index in [1.165, 1.54) is 167 Å². The van der Waals surface area contributed by atoms with Crippen molar-refractivity contribution >= 4 is 35.5 Å². The standard InChI is InChI=1S/C56H111NO5S2/c1-5-9-13-17-21-23-31-41-51-63-53(43-33-25-19-15-11-7-3)55(59)61-49-39-29-27-35-45-57(47-37-38-48-58)46-36-28-30-40-50-62-56(60)54(44-34-26-20-16-12-8-4)64-52-42-32-24-22-18-14-10-6-2/h53-54,58H,5-52H2,1-4H3. The van der Waals surface area contributed by atoms with Crippen LogP contribution in [0.4, 0.5) is 0 Å². The monoisotopic (exact) mass is 942 g/mol. The second kappa shape index (κ2) is 53.5. The van der Waals surface area contributed by atoms with Gasteiger partial charge >= 0.3 is 11.9 Å². The topological polar surface area (TPSA) is 76.1 Å². The zero-order valence-corrected chi connectivity index (χ0v) is 45.1. The van der Waals surface area contributed by atoms with Crippen molar-refractivity contribution in [1.29, 1.82) is 0 Å². The Kier molecular flexibility index (Phi) is 53.1. The van der Waals surface area contributed by atoms with Crippen LogP contribution in [-0.4, -0.2) is 83.4 Å². The molecule has 0 amide bonds. The highest BCUT2D eigenvalue weighted by Crippen LogP contribution is 2.24. The van der Waals surface area contributed by atoms with Crippen molar-refractivity contribution < 1.29 is 24.2 Å². The molecular weight excluding hydrogens is 831 g/mol. The average Bonchev–Trinajstić information content (AvgIpc) is 3.30. The van der Waals surface area contributed by atoms with Crippen LogP contribution in [0.25, 0.3) is 0 Å². The van der Waals surface area contributed by atoms with E-state index in [0.29, 0.717) is 13.2 Å². The molecule has 0 aliphatic rings. The van der Waals surface area contributed by atoms with Crippen LogP contribution in [0.5, 0.6) is 0 Å². The number of hydrogen-bond acceptors (Lipinski definition) is 8. The molecule has 0 radical (unpaired) electrons. The normalized spacial score (nSPS) is 12.6. The van der Waals surface area contributed by atoms with E-state index in [4.69, 9.17) is 9.47 Å². The lowest BCUT2D eigenvalue weighted by Gasteiger charge is -2.22. The number of aliphatic hydroxyl groups is 1. The molecule has 2 atom stereocenters. The average molecular weight is 943 g/mol. The van der Waals surface area contributed by atoms with Crippen molar-refractivity contribution in [3.8, 4) is 0 Å².